The van der Waals surface area contributed by atoms with Crippen molar-refractivity contribution in [2.24, 2.45) is 7.05 Å². The molecule has 0 saturated carbocycles. The fraction of sp³-hybridized carbons (Fsp3) is 0.350. The van der Waals surface area contributed by atoms with Gasteiger partial charge in [0, 0.05) is 19.0 Å². The van der Waals surface area contributed by atoms with Gasteiger partial charge in [-0.05, 0) is 50.2 Å². The normalized spacial score (nSPS) is 14.8. The molecule has 0 radical (unpaired) electrons. The van der Waals surface area contributed by atoms with Gasteiger partial charge in [0.05, 0.1) is 23.0 Å². The molecular formula is C20H22N2O3. The van der Waals surface area contributed by atoms with Gasteiger partial charge in [0.15, 0.2) is 11.5 Å². The zero-order chi connectivity index (χ0) is 17.4. The molecule has 0 bridgehead atoms. The number of aryl methyl sites for hydroxylation is 1. The van der Waals surface area contributed by atoms with Crippen LogP contribution in [0.4, 0.5) is 0 Å². The lowest BCUT2D eigenvalue weighted by atomic mass is 10.1. The van der Waals surface area contributed by atoms with Crippen LogP contribution in [-0.2, 0) is 7.05 Å². The summed E-state index contributed by atoms with van der Waals surface area (Å²) in [7, 11) is 1.90. The number of rotatable bonds is 5. The molecule has 1 fully saturated rings. The van der Waals surface area contributed by atoms with Crippen LogP contribution >= 0.6 is 0 Å². The molecule has 1 aliphatic rings. The molecule has 2 aromatic carbocycles. The van der Waals surface area contributed by atoms with Crippen molar-refractivity contribution in [3.63, 3.8) is 0 Å². The Kier molecular flexibility index (Phi) is 4.09. The maximum atomic E-state index is 12.8. The van der Waals surface area contributed by atoms with Crippen LogP contribution in [0.25, 0.3) is 21.8 Å². The van der Waals surface area contributed by atoms with E-state index in [-0.39, 0.29) is 11.2 Å². The summed E-state index contributed by atoms with van der Waals surface area (Å²) < 4.78 is 7.68. The zero-order valence-corrected chi connectivity index (χ0v) is 14.4. The standard InChI is InChI=1S/C20H22N2O3/c1-21-15-7-3-2-6-14(15)19(23)18-16(21)8-9-17(20(18)24)25-13-5-12-22-10-4-11-22/h2-3,6-9,24H,4-5,10-13H2,1H3. The van der Waals surface area contributed by atoms with Crippen LogP contribution in [0.5, 0.6) is 11.5 Å². The molecule has 1 N–H and O–H groups in total. The van der Waals surface area contributed by atoms with Gasteiger partial charge in [-0.1, -0.05) is 12.1 Å². The van der Waals surface area contributed by atoms with Gasteiger partial charge in [0.25, 0.3) is 0 Å². The fourth-order valence-corrected chi connectivity index (χ4v) is 3.48. The fourth-order valence-electron chi connectivity index (χ4n) is 3.48. The molecule has 3 aromatic rings. The van der Waals surface area contributed by atoms with Crippen LogP contribution in [0.1, 0.15) is 12.8 Å². The predicted molar refractivity (Wildman–Crippen MR) is 99.5 cm³/mol. The summed E-state index contributed by atoms with van der Waals surface area (Å²) in [6.45, 7) is 3.89. The number of phenols is 1. The Morgan fingerprint density at radius 2 is 1.92 bits per heavy atom. The highest BCUT2D eigenvalue weighted by Crippen LogP contribution is 2.33. The van der Waals surface area contributed by atoms with Crippen LogP contribution in [0, 0.1) is 0 Å². The minimum absolute atomic E-state index is 0.0622. The van der Waals surface area contributed by atoms with Gasteiger partial charge in [0.2, 0.25) is 5.43 Å². The number of hydrogen-bond acceptors (Lipinski definition) is 4. The molecule has 130 valence electrons. The molecule has 25 heavy (non-hydrogen) atoms. The Labute approximate surface area is 146 Å². The van der Waals surface area contributed by atoms with E-state index in [1.54, 1.807) is 12.1 Å². The zero-order valence-electron chi connectivity index (χ0n) is 14.4. The van der Waals surface area contributed by atoms with Gasteiger partial charge in [-0.2, -0.15) is 0 Å². The quantitative estimate of drug-likeness (QED) is 0.574. The molecule has 1 saturated heterocycles. The van der Waals surface area contributed by atoms with Crippen LogP contribution < -0.4 is 10.2 Å². The van der Waals surface area contributed by atoms with Crippen molar-refractivity contribution in [3.05, 3.63) is 46.6 Å². The highest BCUT2D eigenvalue weighted by atomic mass is 16.5. The first-order valence-electron chi connectivity index (χ1n) is 8.75. The number of aromatic hydroxyl groups is 1. The molecule has 2 heterocycles. The molecule has 0 unspecified atom stereocenters. The summed E-state index contributed by atoms with van der Waals surface area (Å²) in [5.74, 6) is 0.316. The monoisotopic (exact) mass is 338 g/mol. The molecule has 5 nitrogen and oxygen atoms in total. The molecule has 4 rings (SSSR count). The lowest BCUT2D eigenvalue weighted by Gasteiger charge is -2.30. The van der Waals surface area contributed by atoms with Gasteiger partial charge in [-0.25, -0.2) is 0 Å². The van der Waals surface area contributed by atoms with Crippen molar-refractivity contribution in [1.82, 2.24) is 9.47 Å². The van der Waals surface area contributed by atoms with Crippen LogP contribution in [0.15, 0.2) is 41.2 Å². The summed E-state index contributed by atoms with van der Waals surface area (Å²) in [6, 6.07) is 11.0. The summed E-state index contributed by atoms with van der Waals surface area (Å²) >= 11 is 0. The maximum absolute atomic E-state index is 12.8. The third kappa shape index (κ3) is 2.74. The molecule has 0 atom stereocenters. The molecule has 0 aliphatic carbocycles. The van der Waals surface area contributed by atoms with Crippen molar-refractivity contribution < 1.29 is 9.84 Å². The van der Waals surface area contributed by atoms with Crippen molar-refractivity contribution in [2.45, 2.75) is 12.8 Å². The molecule has 1 aliphatic heterocycles. The lowest BCUT2D eigenvalue weighted by Crippen LogP contribution is -2.38. The van der Waals surface area contributed by atoms with E-state index in [1.807, 2.05) is 35.9 Å². The molecule has 5 heteroatoms. The number of ether oxygens (including phenoxy) is 1. The highest BCUT2D eigenvalue weighted by Gasteiger charge is 2.16. The molecular weight excluding hydrogens is 316 g/mol. The second-order valence-corrected chi connectivity index (χ2v) is 6.61. The van der Waals surface area contributed by atoms with E-state index in [0.717, 1.165) is 18.5 Å². The van der Waals surface area contributed by atoms with Crippen LogP contribution in [-0.4, -0.2) is 40.8 Å². The van der Waals surface area contributed by atoms with E-state index in [4.69, 9.17) is 4.74 Å². The van der Waals surface area contributed by atoms with Gasteiger partial charge in [-0.15, -0.1) is 0 Å². The summed E-state index contributed by atoms with van der Waals surface area (Å²) in [5, 5.41) is 11.6. The van der Waals surface area contributed by atoms with Crippen molar-refractivity contribution in [3.8, 4) is 11.5 Å². The maximum Gasteiger partial charge on any atom is 0.201 e. The number of hydrogen-bond donors (Lipinski definition) is 1. The van der Waals surface area contributed by atoms with Gasteiger partial charge >= 0.3 is 0 Å². The topological polar surface area (TPSA) is 54.7 Å². The molecule has 0 spiro atoms. The van der Waals surface area contributed by atoms with E-state index < -0.39 is 0 Å². The lowest BCUT2D eigenvalue weighted by molar-refractivity contribution is 0.164. The van der Waals surface area contributed by atoms with E-state index in [0.29, 0.717) is 28.6 Å². The smallest absolute Gasteiger partial charge is 0.201 e. The first kappa shape index (κ1) is 16.0. The Balaban J connectivity index is 1.68. The minimum Gasteiger partial charge on any atom is -0.504 e. The van der Waals surface area contributed by atoms with Crippen molar-refractivity contribution in [1.29, 1.82) is 0 Å². The first-order chi connectivity index (χ1) is 12.2. The van der Waals surface area contributed by atoms with E-state index in [1.165, 1.54) is 19.5 Å². The Bertz CT molecular complexity index is 990. The summed E-state index contributed by atoms with van der Waals surface area (Å²) in [4.78, 5) is 15.2. The Hall–Kier alpha value is -2.53. The van der Waals surface area contributed by atoms with Gasteiger partial charge in [0.1, 0.15) is 0 Å². The summed E-state index contributed by atoms with van der Waals surface area (Å²) in [5.41, 5.74) is 1.39. The van der Waals surface area contributed by atoms with Crippen LogP contribution in [0.3, 0.4) is 0 Å². The number of likely N-dealkylation sites (tertiary alicyclic amines) is 1. The molecule has 0 amide bonds. The second-order valence-electron chi connectivity index (χ2n) is 6.61. The number of nitrogens with zero attached hydrogens (tertiary/aromatic N) is 2. The number of pyridine rings is 1. The number of para-hydroxylation sites is 1. The largest absolute Gasteiger partial charge is 0.504 e. The van der Waals surface area contributed by atoms with E-state index in [9.17, 15) is 9.90 Å². The third-order valence-corrected chi connectivity index (χ3v) is 5.04. The minimum atomic E-state index is -0.160. The highest BCUT2D eigenvalue weighted by molar-refractivity contribution is 5.97. The number of phenolic OH excluding ortho intramolecular Hbond substituents is 1. The van der Waals surface area contributed by atoms with E-state index in [2.05, 4.69) is 4.90 Å². The Morgan fingerprint density at radius 1 is 1.12 bits per heavy atom. The molecule has 1 aromatic heterocycles. The Morgan fingerprint density at radius 3 is 2.68 bits per heavy atom. The first-order valence-corrected chi connectivity index (χ1v) is 8.75. The third-order valence-electron chi connectivity index (χ3n) is 5.04. The number of benzene rings is 2. The second kappa shape index (κ2) is 6.41. The van der Waals surface area contributed by atoms with Crippen LogP contribution in [0.2, 0.25) is 0 Å². The average Bonchev–Trinajstić information content (AvgIpc) is 2.59. The number of fused-ring (bicyclic) bond motifs is 2. The van der Waals surface area contributed by atoms with E-state index >= 15 is 0 Å². The summed E-state index contributed by atoms with van der Waals surface area (Å²) in [6.07, 6.45) is 2.19. The predicted octanol–water partition coefficient (Wildman–Crippen LogP) is 2.87. The van der Waals surface area contributed by atoms with Gasteiger partial charge < -0.3 is 19.3 Å². The number of aromatic nitrogens is 1. The van der Waals surface area contributed by atoms with Crippen molar-refractivity contribution >= 4 is 21.8 Å². The van der Waals surface area contributed by atoms with Gasteiger partial charge in [-0.3, -0.25) is 4.79 Å². The SMILES string of the molecule is Cn1c2ccccc2c(=O)c2c(O)c(OCCCN3CCC3)ccc21. The average molecular weight is 338 g/mol. The van der Waals surface area contributed by atoms with Crippen molar-refractivity contribution in [2.75, 3.05) is 26.2 Å².